The summed E-state index contributed by atoms with van der Waals surface area (Å²) in [6, 6.07) is 0. The molecule has 0 spiro atoms. The zero-order chi connectivity index (χ0) is 12.1. The molecule has 0 aliphatic rings. The number of methoxy groups -OCH3 is 3. The first-order valence-electron chi connectivity index (χ1n) is 3.82. The van der Waals surface area contributed by atoms with E-state index < -0.39 is 29.2 Å². The summed E-state index contributed by atoms with van der Waals surface area (Å²) in [6.45, 7) is 0. The van der Waals surface area contributed by atoms with Gasteiger partial charge >= 0.3 is 17.9 Å². The van der Waals surface area contributed by atoms with Gasteiger partial charge in [-0.05, 0) is 0 Å². The van der Waals surface area contributed by atoms with Crippen LogP contribution in [-0.4, -0.2) is 45.1 Å². The summed E-state index contributed by atoms with van der Waals surface area (Å²) in [7, 11) is 3.07. The van der Waals surface area contributed by atoms with Crippen LogP contribution in [0.1, 0.15) is 0 Å². The summed E-state index contributed by atoms with van der Waals surface area (Å²) >= 11 is 5.44. The monoisotopic (exact) mass is 238 g/mol. The Kier molecular flexibility index (Phi) is 5.07. The van der Waals surface area contributed by atoms with Crippen LogP contribution in [0.3, 0.4) is 0 Å². The van der Waals surface area contributed by atoms with Crippen molar-refractivity contribution >= 4 is 29.5 Å². The second-order valence-corrected chi connectivity index (χ2v) is 2.78. The quantitative estimate of drug-likeness (QED) is 0.290. The molecule has 0 aromatic carbocycles. The third-order valence-electron chi connectivity index (χ3n) is 1.80. The molecule has 86 valence electrons. The Morgan fingerprint density at radius 3 is 1.33 bits per heavy atom. The lowest BCUT2D eigenvalue weighted by molar-refractivity contribution is -0.178. The van der Waals surface area contributed by atoms with Crippen molar-refractivity contribution < 1.29 is 28.6 Å². The lowest BCUT2D eigenvalue weighted by atomic mass is 9.91. The van der Waals surface area contributed by atoms with Crippen LogP contribution in [0.2, 0.25) is 0 Å². The Balaban J connectivity index is 5.39. The molecule has 0 unspecified atom stereocenters. The molecule has 0 aliphatic heterocycles. The lowest BCUT2D eigenvalue weighted by Gasteiger charge is -2.22. The Morgan fingerprint density at radius 2 is 1.20 bits per heavy atom. The molecular formula is C8H11ClO6. The van der Waals surface area contributed by atoms with Gasteiger partial charge in [0.05, 0.1) is 27.2 Å². The number of carbonyl (C=O) groups excluding carboxylic acids is 3. The molecule has 6 nitrogen and oxygen atoms in total. The molecule has 0 bridgehead atoms. The smallest absolute Gasteiger partial charge is 0.336 e. The standard InChI is InChI=1S/C8H11ClO6/c1-13-5(10)8(4-9,6(11)14-2)7(12)15-3/h4H2,1-3H3. The fourth-order valence-electron chi connectivity index (χ4n) is 0.936. The highest BCUT2D eigenvalue weighted by Gasteiger charge is 2.56. The SMILES string of the molecule is COC(=O)C(CCl)(C(=O)OC)C(=O)OC. The largest absolute Gasteiger partial charge is 0.468 e. The maximum atomic E-state index is 11.4. The highest BCUT2D eigenvalue weighted by molar-refractivity contribution is 6.29. The summed E-state index contributed by atoms with van der Waals surface area (Å²) in [4.78, 5) is 34.1. The summed E-state index contributed by atoms with van der Waals surface area (Å²) in [5, 5.41) is 0. The van der Waals surface area contributed by atoms with E-state index in [2.05, 4.69) is 14.2 Å². The third-order valence-corrected chi connectivity index (χ3v) is 2.20. The van der Waals surface area contributed by atoms with Crippen LogP contribution < -0.4 is 0 Å². The molecule has 0 aromatic heterocycles. The van der Waals surface area contributed by atoms with Gasteiger partial charge in [0, 0.05) is 0 Å². The van der Waals surface area contributed by atoms with Crippen LogP contribution in [0.5, 0.6) is 0 Å². The molecule has 0 amide bonds. The van der Waals surface area contributed by atoms with E-state index in [9.17, 15) is 14.4 Å². The first-order valence-corrected chi connectivity index (χ1v) is 4.35. The molecule has 0 heterocycles. The number of carbonyl (C=O) groups is 3. The average Bonchev–Trinajstić information content (AvgIpc) is 2.29. The van der Waals surface area contributed by atoms with Crippen molar-refractivity contribution in [3.8, 4) is 0 Å². The molecule has 0 radical (unpaired) electrons. The highest BCUT2D eigenvalue weighted by Crippen LogP contribution is 2.25. The van der Waals surface area contributed by atoms with Gasteiger partial charge in [-0.15, -0.1) is 11.6 Å². The minimum Gasteiger partial charge on any atom is -0.468 e. The van der Waals surface area contributed by atoms with E-state index in [0.29, 0.717) is 0 Å². The maximum absolute atomic E-state index is 11.4. The van der Waals surface area contributed by atoms with E-state index in [4.69, 9.17) is 11.6 Å². The molecule has 0 rings (SSSR count). The molecule has 7 heteroatoms. The predicted octanol–water partition coefficient (Wildman–Crippen LogP) is -0.269. The number of hydrogen-bond acceptors (Lipinski definition) is 6. The van der Waals surface area contributed by atoms with Crippen molar-refractivity contribution in [3.05, 3.63) is 0 Å². The van der Waals surface area contributed by atoms with Gasteiger partial charge < -0.3 is 14.2 Å². The van der Waals surface area contributed by atoms with E-state index in [1.165, 1.54) is 0 Å². The van der Waals surface area contributed by atoms with Gasteiger partial charge in [0.15, 0.2) is 0 Å². The number of rotatable bonds is 4. The molecule has 15 heavy (non-hydrogen) atoms. The number of alkyl halides is 1. The summed E-state index contributed by atoms with van der Waals surface area (Å²) in [6.07, 6.45) is 0. The third kappa shape index (κ3) is 2.20. The van der Waals surface area contributed by atoms with Gasteiger partial charge in [0.1, 0.15) is 0 Å². The van der Waals surface area contributed by atoms with Crippen LogP contribution in [0.15, 0.2) is 0 Å². The van der Waals surface area contributed by atoms with Crippen molar-refractivity contribution in [2.75, 3.05) is 27.2 Å². The van der Waals surface area contributed by atoms with Crippen molar-refractivity contribution in [2.45, 2.75) is 0 Å². The van der Waals surface area contributed by atoms with Crippen LogP contribution in [0.4, 0.5) is 0 Å². The van der Waals surface area contributed by atoms with Gasteiger partial charge in [0.25, 0.3) is 5.41 Å². The molecule has 0 saturated carbocycles. The molecule has 0 fully saturated rings. The Bertz CT molecular complexity index is 234. The van der Waals surface area contributed by atoms with Crippen LogP contribution in [0.25, 0.3) is 0 Å². The first-order chi connectivity index (χ1) is 7.00. The Morgan fingerprint density at radius 1 is 0.933 bits per heavy atom. The minimum absolute atomic E-state index is 0.612. The average molecular weight is 239 g/mol. The van der Waals surface area contributed by atoms with E-state index in [1.54, 1.807) is 0 Å². The topological polar surface area (TPSA) is 78.9 Å². The molecule has 0 aliphatic carbocycles. The van der Waals surface area contributed by atoms with E-state index >= 15 is 0 Å². The van der Waals surface area contributed by atoms with Crippen molar-refractivity contribution in [2.24, 2.45) is 5.41 Å². The van der Waals surface area contributed by atoms with Gasteiger partial charge in [-0.3, -0.25) is 14.4 Å². The molecule has 0 aromatic rings. The van der Waals surface area contributed by atoms with E-state index in [1.807, 2.05) is 0 Å². The Labute approximate surface area is 91.4 Å². The maximum Gasteiger partial charge on any atom is 0.336 e. The second kappa shape index (κ2) is 5.55. The molecular weight excluding hydrogens is 228 g/mol. The summed E-state index contributed by atoms with van der Waals surface area (Å²) in [5.74, 6) is -3.96. The Hall–Kier alpha value is -1.30. The van der Waals surface area contributed by atoms with Crippen molar-refractivity contribution in [1.82, 2.24) is 0 Å². The zero-order valence-corrected chi connectivity index (χ0v) is 9.29. The van der Waals surface area contributed by atoms with Crippen molar-refractivity contribution in [3.63, 3.8) is 0 Å². The van der Waals surface area contributed by atoms with Crippen LogP contribution in [-0.2, 0) is 28.6 Å². The fourth-order valence-corrected chi connectivity index (χ4v) is 1.26. The number of halogens is 1. The number of ether oxygens (including phenoxy) is 3. The molecule has 0 saturated heterocycles. The summed E-state index contributed by atoms with van der Waals surface area (Å²) < 4.78 is 13.0. The van der Waals surface area contributed by atoms with Crippen molar-refractivity contribution in [1.29, 1.82) is 0 Å². The van der Waals surface area contributed by atoms with Gasteiger partial charge in [-0.1, -0.05) is 0 Å². The normalized spacial score (nSPS) is 10.4. The first kappa shape index (κ1) is 13.7. The van der Waals surface area contributed by atoms with Crippen LogP contribution >= 0.6 is 11.6 Å². The molecule has 0 atom stereocenters. The van der Waals surface area contributed by atoms with Gasteiger partial charge in [0.2, 0.25) is 0 Å². The van der Waals surface area contributed by atoms with E-state index in [0.717, 1.165) is 21.3 Å². The highest BCUT2D eigenvalue weighted by atomic mass is 35.5. The second-order valence-electron chi connectivity index (χ2n) is 2.51. The van der Waals surface area contributed by atoms with Crippen LogP contribution in [0, 0.1) is 5.41 Å². The summed E-state index contributed by atoms with van der Waals surface area (Å²) in [5.41, 5.74) is -2.25. The van der Waals surface area contributed by atoms with E-state index in [-0.39, 0.29) is 0 Å². The minimum atomic E-state index is -2.25. The number of hydrogen-bond donors (Lipinski definition) is 0. The fraction of sp³-hybridized carbons (Fsp3) is 0.625. The lowest BCUT2D eigenvalue weighted by Crippen LogP contribution is -2.50. The predicted molar refractivity (Wildman–Crippen MR) is 49.2 cm³/mol. The van der Waals surface area contributed by atoms with Gasteiger partial charge in [-0.25, -0.2) is 0 Å². The zero-order valence-electron chi connectivity index (χ0n) is 8.53. The van der Waals surface area contributed by atoms with Gasteiger partial charge in [-0.2, -0.15) is 0 Å². The number of esters is 3. The molecule has 0 N–H and O–H groups in total.